The van der Waals surface area contributed by atoms with E-state index < -0.39 is 22.0 Å². The number of nitriles is 1. The molecule has 0 aliphatic carbocycles. The number of hydrogen-bond acceptors (Lipinski definition) is 5. The Bertz CT molecular complexity index is 1400. The van der Waals surface area contributed by atoms with E-state index in [1.807, 2.05) is 0 Å². The Morgan fingerprint density at radius 1 is 1.24 bits per heavy atom. The van der Waals surface area contributed by atoms with Crippen LogP contribution in [0.5, 0.6) is 0 Å². The van der Waals surface area contributed by atoms with Gasteiger partial charge in [-0.25, -0.2) is 8.42 Å². The van der Waals surface area contributed by atoms with E-state index in [4.69, 9.17) is 5.11 Å². The number of fused-ring (bicyclic) bond motifs is 1. The van der Waals surface area contributed by atoms with Crippen molar-refractivity contribution in [1.29, 1.82) is 5.26 Å². The Labute approximate surface area is 215 Å². The molecular formula is C26H31N5O5S. The first-order valence-electron chi connectivity index (χ1n) is 12.4. The molecule has 1 amide bonds. The van der Waals surface area contributed by atoms with Gasteiger partial charge in [-0.2, -0.15) is 9.98 Å². The number of carbonyl (C=O) groups is 2. The zero-order chi connectivity index (χ0) is 26.4. The summed E-state index contributed by atoms with van der Waals surface area (Å²) < 4.78 is 31.3. The number of rotatable bonds is 11. The molecule has 1 aliphatic heterocycles. The second-order valence-electron chi connectivity index (χ2n) is 9.43. The minimum atomic E-state index is -4.04. The Morgan fingerprint density at radius 2 is 2.08 bits per heavy atom. The molecule has 0 bridgehead atoms. The van der Waals surface area contributed by atoms with Gasteiger partial charge in [0.2, 0.25) is 15.9 Å². The van der Waals surface area contributed by atoms with Gasteiger partial charge in [0.05, 0.1) is 4.90 Å². The van der Waals surface area contributed by atoms with Crippen LogP contribution in [0.25, 0.3) is 10.9 Å². The lowest BCUT2D eigenvalue weighted by atomic mass is 9.92. The topological polar surface area (TPSA) is 148 Å². The summed E-state index contributed by atoms with van der Waals surface area (Å²) in [5, 5.41) is 18.8. The average molecular weight is 526 g/mol. The first-order valence-corrected chi connectivity index (χ1v) is 13.9. The largest absolute Gasteiger partial charge is 0.481 e. The van der Waals surface area contributed by atoms with E-state index in [1.165, 1.54) is 6.07 Å². The molecule has 37 heavy (non-hydrogen) atoms. The summed E-state index contributed by atoms with van der Waals surface area (Å²) in [6.45, 7) is 1.28. The van der Waals surface area contributed by atoms with Crippen LogP contribution in [0.15, 0.2) is 53.7 Å². The van der Waals surface area contributed by atoms with Crippen LogP contribution in [-0.2, 0) is 26.2 Å². The predicted molar refractivity (Wildman–Crippen MR) is 137 cm³/mol. The molecule has 196 valence electrons. The van der Waals surface area contributed by atoms with Crippen molar-refractivity contribution in [2.45, 2.75) is 56.0 Å². The molecule has 0 spiro atoms. The number of carboxylic acids is 1. The smallest absolute Gasteiger partial charge is 0.303 e. The van der Waals surface area contributed by atoms with Crippen LogP contribution >= 0.6 is 0 Å². The van der Waals surface area contributed by atoms with Gasteiger partial charge in [-0.1, -0.05) is 6.07 Å². The zero-order valence-electron chi connectivity index (χ0n) is 20.5. The van der Waals surface area contributed by atoms with Crippen LogP contribution in [0, 0.1) is 17.2 Å². The number of nitrogens with one attached hydrogen (secondary N) is 2. The minimum Gasteiger partial charge on any atom is -0.481 e. The number of aromatic amines is 1. The number of carboxylic acid groups (broad SMARTS) is 1. The van der Waals surface area contributed by atoms with Crippen LogP contribution in [0.3, 0.4) is 0 Å². The highest BCUT2D eigenvalue weighted by Gasteiger charge is 2.32. The van der Waals surface area contributed by atoms with Gasteiger partial charge < -0.3 is 19.6 Å². The summed E-state index contributed by atoms with van der Waals surface area (Å²) in [5.74, 6) is -0.964. The maximum absolute atomic E-state index is 13.7. The first-order chi connectivity index (χ1) is 17.8. The standard InChI is InChI=1S/C26H31N5O5S/c27-17-20-7-4-14-30(20)16-12-23(26(34)31-15-3-6-19(18-31)5-1-10-25(32)33)29-37(35,36)24-9-2-8-22-21(24)11-13-28-22/h2,4,7-9,11,13-14,19,23,28-29H,1,3,5-6,10,12,15-16,18H2,(H,32,33). The third-order valence-electron chi connectivity index (χ3n) is 6.88. The first kappa shape index (κ1) is 26.4. The Morgan fingerprint density at radius 3 is 2.86 bits per heavy atom. The molecule has 0 saturated carbocycles. The van der Waals surface area contributed by atoms with Gasteiger partial charge in [0.25, 0.3) is 0 Å². The van der Waals surface area contributed by atoms with Crippen LogP contribution in [0.2, 0.25) is 0 Å². The number of aliphatic carboxylic acids is 1. The lowest BCUT2D eigenvalue weighted by Crippen LogP contribution is -2.51. The number of aryl methyl sites for hydroxylation is 1. The van der Waals surface area contributed by atoms with E-state index >= 15 is 0 Å². The molecule has 1 aliphatic rings. The molecule has 3 aromatic rings. The number of sulfonamides is 1. The zero-order valence-corrected chi connectivity index (χ0v) is 21.3. The van der Waals surface area contributed by atoms with Crippen LogP contribution in [-0.4, -0.2) is 59.0 Å². The summed E-state index contributed by atoms with van der Waals surface area (Å²) in [5.41, 5.74) is 1.11. The molecule has 1 saturated heterocycles. The highest BCUT2D eigenvalue weighted by Crippen LogP contribution is 2.25. The summed E-state index contributed by atoms with van der Waals surface area (Å²) in [6, 6.07) is 11.1. The maximum Gasteiger partial charge on any atom is 0.303 e. The predicted octanol–water partition coefficient (Wildman–Crippen LogP) is 3.07. The second-order valence-corrected chi connectivity index (χ2v) is 11.1. The number of benzene rings is 1. The molecule has 1 fully saturated rings. The lowest BCUT2D eigenvalue weighted by Gasteiger charge is -2.35. The van der Waals surface area contributed by atoms with Crippen molar-refractivity contribution < 1.29 is 23.1 Å². The van der Waals surface area contributed by atoms with Crippen molar-refractivity contribution in [3.05, 3.63) is 54.5 Å². The Hall–Kier alpha value is -3.62. The molecule has 11 heteroatoms. The third-order valence-corrected chi connectivity index (χ3v) is 8.41. The summed E-state index contributed by atoms with van der Waals surface area (Å²) in [4.78, 5) is 29.4. The van der Waals surface area contributed by atoms with Crippen LogP contribution in [0.1, 0.15) is 44.2 Å². The van der Waals surface area contributed by atoms with E-state index in [0.29, 0.717) is 49.1 Å². The molecule has 3 heterocycles. The van der Waals surface area contributed by atoms with Crippen molar-refractivity contribution in [3.8, 4) is 6.07 Å². The van der Waals surface area contributed by atoms with Crippen molar-refractivity contribution >= 4 is 32.8 Å². The van der Waals surface area contributed by atoms with Gasteiger partial charge in [0, 0.05) is 49.4 Å². The fraction of sp³-hybridized carbons (Fsp3) is 0.423. The molecule has 2 unspecified atom stereocenters. The highest BCUT2D eigenvalue weighted by molar-refractivity contribution is 7.89. The lowest BCUT2D eigenvalue weighted by molar-refractivity contribution is -0.138. The maximum atomic E-state index is 13.7. The Balaban J connectivity index is 1.54. The number of hydrogen-bond donors (Lipinski definition) is 3. The molecule has 2 atom stereocenters. The van der Waals surface area contributed by atoms with Crippen molar-refractivity contribution in [2.24, 2.45) is 5.92 Å². The van der Waals surface area contributed by atoms with Crippen molar-refractivity contribution in [3.63, 3.8) is 0 Å². The van der Waals surface area contributed by atoms with Gasteiger partial charge in [-0.05, 0) is 68.4 Å². The summed E-state index contributed by atoms with van der Waals surface area (Å²) >= 11 is 0. The van der Waals surface area contributed by atoms with Gasteiger partial charge >= 0.3 is 5.97 Å². The fourth-order valence-corrected chi connectivity index (χ4v) is 6.46. The van der Waals surface area contributed by atoms with Crippen molar-refractivity contribution in [1.82, 2.24) is 19.2 Å². The van der Waals surface area contributed by atoms with Crippen molar-refractivity contribution in [2.75, 3.05) is 13.1 Å². The van der Waals surface area contributed by atoms with Gasteiger partial charge in [-0.15, -0.1) is 0 Å². The summed E-state index contributed by atoms with van der Waals surface area (Å²) in [7, 11) is -4.04. The van der Waals surface area contributed by atoms with Gasteiger partial charge in [0.15, 0.2) is 0 Å². The minimum absolute atomic E-state index is 0.0907. The van der Waals surface area contributed by atoms with Crippen LogP contribution < -0.4 is 4.72 Å². The number of amides is 1. The van der Waals surface area contributed by atoms with E-state index in [2.05, 4.69) is 15.8 Å². The van der Waals surface area contributed by atoms with E-state index in [-0.39, 0.29) is 29.6 Å². The van der Waals surface area contributed by atoms with E-state index in [0.717, 1.165) is 12.8 Å². The van der Waals surface area contributed by atoms with E-state index in [1.54, 1.807) is 52.2 Å². The molecule has 2 aromatic heterocycles. The normalized spacial score (nSPS) is 16.9. The van der Waals surface area contributed by atoms with Gasteiger partial charge in [-0.3, -0.25) is 9.59 Å². The molecule has 0 radical (unpaired) electrons. The average Bonchev–Trinajstić information content (AvgIpc) is 3.55. The number of aromatic nitrogens is 2. The quantitative estimate of drug-likeness (QED) is 0.350. The number of likely N-dealkylation sites (tertiary alicyclic amines) is 1. The van der Waals surface area contributed by atoms with E-state index in [9.17, 15) is 23.3 Å². The van der Waals surface area contributed by atoms with Gasteiger partial charge in [0.1, 0.15) is 17.8 Å². The molecular weight excluding hydrogens is 494 g/mol. The third kappa shape index (κ3) is 6.39. The number of nitrogens with zero attached hydrogens (tertiary/aromatic N) is 3. The SMILES string of the molecule is N#Cc1cccn1CCC(NS(=O)(=O)c1cccc2[nH]ccc12)C(=O)N1CCCC(CCCC(=O)O)C1. The Kier molecular flexibility index (Phi) is 8.31. The second kappa shape index (κ2) is 11.6. The molecule has 4 rings (SSSR count). The molecule has 3 N–H and O–H groups in total. The fourth-order valence-electron chi connectivity index (χ4n) is 5.02. The number of H-pyrrole nitrogens is 1. The summed E-state index contributed by atoms with van der Waals surface area (Å²) in [6.07, 6.45) is 6.60. The monoisotopic (exact) mass is 525 g/mol. The number of carbonyl (C=O) groups excluding carboxylic acids is 1. The molecule has 1 aromatic carbocycles. The van der Waals surface area contributed by atoms with Crippen LogP contribution in [0.4, 0.5) is 0 Å². The highest BCUT2D eigenvalue weighted by atomic mass is 32.2. The number of piperidine rings is 1. The molecule has 10 nitrogen and oxygen atoms in total.